The highest BCUT2D eigenvalue weighted by Gasteiger charge is 2.43. The Labute approximate surface area is 173 Å². The molecule has 2 N–H and O–H groups in total. The van der Waals surface area contributed by atoms with Crippen molar-refractivity contribution in [2.45, 2.75) is 103 Å². The number of nitrogens with zero attached hydrogens (tertiary/aromatic N) is 1. The van der Waals surface area contributed by atoms with Crippen molar-refractivity contribution in [2.75, 3.05) is 13.6 Å². The summed E-state index contributed by atoms with van der Waals surface area (Å²) in [6.07, 6.45) is 16.0. The van der Waals surface area contributed by atoms with Gasteiger partial charge in [-0.05, 0) is 84.7 Å². The molecule has 3 nitrogen and oxygen atoms in total. The molecule has 162 valence electrons. The molecule has 0 saturated heterocycles. The van der Waals surface area contributed by atoms with Crippen LogP contribution in [0.5, 0.6) is 0 Å². The largest absolute Gasteiger partial charge is 0.392 e. The van der Waals surface area contributed by atoms with Gasteiger partial charge in [0.1, 0.15) is 0 Å². The van der Waals surface area contributed by atoms with E-state index in [1.807, 2.05) is 6.08 Å². The molecule has 0 bridgehead atoms. The zero-order valence-corrected chi connectivity index (χ0v) is 19.0. The first kappa shape index (κ1) is 23.6. The predicted octanol–water partition coefficient (Wildman–Crippen LogP) is 5.33. The normalized spacial score (nSPS) is 28.9. The second-order valence-corrected chi connectivity index (χ2v) is 10.2. The molecule has 0 heterocycles. The van der Waals surface area contributed by atoms with Crippen LogP contribution in [0.25, 0.3) is 0 Å². The number of fused-ring (bicyclic) bond motifs is 1. The van der Waals surface area contributed by atoms with Crippen molar-refractivity contribution in [1.29, 1.82) is 0 Å². The molecule has 0 aromatic carbocycles. The van der Waals surface area contributed by atoms with Gasteiger partial charge in [0.2, 0.25) is 0 Å². The second kappa shape index (κ2) is 10.9. The molecule has 0 radical (unpaired) electrons. The molecule has 2 aliphatic rings. The fourth-order valence-corrected chi connectivity index (χ4v) is 4.78. The highest BCUT2D eigenvalue weighted by atomic mass is 16.3. The lowest BCUT2D eigenvalue weighted by Gasteiger charge is -2.31. The van der Waals surface area contributed by atoms with Gasteiger partial charge in [-0.3, -0.25) is 0 Å². The zero-order valence-electron chi connectivity index (χ0n) is 19.0. The van der Waals surface area contributed by atoms with Crippen LogP contribution in [0.1, 0.15) is 85.5 Å². The van der Waals surface area contributed by atoms with E-state index in [2.05, 4.69) is 51.8 Å². The highest BCUT2D eigenvalue weighted by molar-refractivity contribution is 5.21. The number of hydrogen-bond acceptors (Lipinski definition) is 3. The standard InChI is InChI=1S/C25H45NO2/c1-6-7-8-12-21(27)13-14-22-23-17-19(16-20(23)18-24(22)28)11-9-10-15-26(5)25(2,3)4/h13-14,16,20-24,27-28H,6-12,15,17-18H2,1-5H3/t20-,21-,22+,23-,24+/m0/s1. The van der Waals surface area contributed by atoms with Gasteiger partial charge in [-0.15, -0.1) is 0 Å². The van der Waals surface area contributed by atoms with E-state index in [1.165, 1.54) is 32.1 Å². The second-order valence-electron chi connectivity index (χ2n) is 10.2. The molecule has 28 heavy (non-hydrogen) atoms. The van der Waals surface area contributed by atoms with Crippen LogP contribution in [0, 0.1) is 17.8 Å². The van der Waals surface area contributed by atoms with E-state index in [4.69, 9.17) is 0 Å². The van der Waals surface area contributed by atoms with E-state index in [-0.39, 0.29) is 23.7 Å². The summed E-state index contributed by atoms with van der Waals surface area (Å²) in [5, 5.41) is 20.7. The minimum absolute atomic E-state index is 0.214. The Hall–Kier alpha value is -0.640. The minimum Gasteiger partial charge on any atom is -0.392 e. The summed E-state index contributed by atoms with van der Waals surface area (Å²) in [6, 6.07) is 0. The van der Waals surface area contributed by atoms with E-state index >= 15 is 0 Å². The van der Waals surface area contributed by atoms with Gasteiger partial charge in [-0.25, -0.2) is 0 Å². The van der Waals surface area contributed by atoms with Crippen LogP contribution in [-0.2, 0) is 0 Å². The molecule has 0 aliphatic heterocycles. The lowest BCUT2D eigenvalue weighted by Crippen LogP contribution is -2.38. The molecule has 2 aliphatic carbocycles. The van der Waals surface area contributed by atoms with Gasteiger partial charge in [0.15, 0.2) is 0 Å². The van der Waals surface area contributed by atoms with Crippen LogP contribution < -0.4 is 0 Å². The molecule has 2 rings (SSSR count). The third-order valence-electron chi connectivity index (χ3n) is 7.00. The van der Waals surface area contributed by atoms with Crippen LogP contribution in [0.15, 0.2) is 23.8 Å². The maximum atomic E-state index is 10.5. The van der Waals surface area contributed by atoms with Crippen molar-refractivity contribution in [1.82, 2.24) is 4.90 Å². The van der Waals surface area contributed by atoms with Crippen LogP contribution >= 0.6 is 0 Å². The van der Waals surface area contributed by atoms with Crippen molar-refractivity contribution in [3.63, 3.8) is 0 Å². The molecule has 3 heteroatoms. The summed E-state index contributed by atoms with van der Waals surface area (Å²) in [5.74, 6) is 1.29. The minimum atomic E-state index is -0.355. The van der Waals surface area contributed by atoms with E-state index in [0.29, 0.717) is 11.8 Å². The number of aliphatic hydroxyl groups is 2. The monoisotopic (exact) mass is 391 g/mol. The van der Waals surface area contributed by atoms with Gasteiger partial charge in [0, 0.05) is 11.5 Å². The molecule has 0 amide bonds. The number of hydrogen-bond donors (Lipinski definition) is 2. The zero-order chi connectivity index (χ0) is 20.7. The third-order valence-corrected chi connectivity index (χ3v) is 7.00. The molecule has 0 aromatic heterocycles. The van der Waals surface area contributed by atoms with Gasteiger partial charge in [-0.2, -0.15) is 0 Å². The van der Waals surface area contributed by atoms with Crippen LogP contribution in [0.3, 0.4) is 0 Å². The molecule has 5 atom stereocenters. The Bertz CT molecular complexity index is 519. The molecule has 0 spiro atoms. The number of rotatable bonds is 11. The topological polar surface area (TPSA) is 43.7 Å². The smallest absolute Gasteiger partial charge is 0.0721 e. The van der Waals surface area contributed by atoms with Gasteiger partial charge < -0.3 is 15.1 Å². The number of unbranched alkanes of at least 4 members (excludes halogenated alkanes) is 3. The summed E-state index contributed by atoms with van der Waals surface area (Å²) in [5.41, 5.74) is 1.85. The molecule has 1 fully saturated rings. The fourth-order valence-electron chi connectivity index (χ4n) is 4.78. The highest BCUT2D eigenvalue weighted by Crippen LogP contribution is 2.48. The average molecular weight is 392 g/mol. The van der Waals surface area contributed by atoms with Crippen LogP contribution in [0.4, 0.5) is 0 Å². The van der Waals surface area contributed by atoms with Crippen molar-refractivity contribution in [3.8, 4) is 0 Å². The quantitative estimate of drug-likeness (QED) is 0.370. The van der Waals surface area contributed by atoms with E-state index in [1.54, 1.807) is 5.57 Å². The summed E-state index contributed by atoms with van der Waals surface area (Å²) in [7, 11) is 2.22. The van der Waals surface area contributed by atoms with Gasteiger partial charge in [0.25, 0.3) is 0 Å². The average Bonchev–Trinajstić information content (AvgIpc) is 3.12. The Balaban J connectivity index is 1.75. The maximum absolute atomic E-state index is 10.5. The lowest BCUT2D eigenvalue weighted by molar-refractivity contribution is 0.139. The van der Waals surface area contributed by atoms with Gasteiger partial charge >= 0.3 is 0 Å². The Kier molecular flexibility index (Phi) is 9.24. The summed E-state index contributed by atoms with van der Waals surface area (Å²) < 4.78 is 0. The summed E-state index contributed by atoms with van der Waals surface area (Å²) >= 11 is 0. The molecular formula is C25H45NO2. The van der Waals surface area contributed by atoms with Crippen molar-refractivity contribution >= 4 is 0 Å². The molecule has 1 saturated carbocycles. The molecule has 0 unspecified atom stereocenters. The van der Waals surface area contributed by atoms with Gasteiger partial charge in [-0.1, -0.05) is 50.0 Å². The van der Waals surface area contributed by atoms with Crippen molar-refractivity contribution in [2.24, 2.45) is 17.8 Å². The van der Waals surface area contributed by atoms with Gasteiger partial charge in [0.05, 0.1) is 12.2 Å². The van der Waals surface area contributed by atoms with Crippen molar-refractivity contribution in [3.05, 3.63) is 23.8 Å². The van der Waals surface area contributed by atoms with E-state index in [9.17, 15) is 10.2 Å². The first-order valence-electron chi connectivity index (χ1n) is 11.7. The number of allylic oxidation sites excluding steroid dienone is 2. The molecule has 0 aromatic rings. The Morgan fingerprint density at radius 1 is 1.21 bits per heavy atom. The maximum Gasteiger partial charge on any atom is 0.0721 e. The fraction of sp³-hybridized carbons (Fsp3) is 0.840. The molecular weight excluding hydrogens is 346 g/mol. The predicted molar refractivity (Wildman–Crippen MR) is 119 cm³/mol. The first-order chi connectivity index (χ1) is 13.2. The van der Waals surface area contributed by atoms with E-state index in [0.717, 1.165) is 32.2 Å². The first-order valence-corrected chi connectivity index (χ1v) is 11.7. The Morgan fingerprint density at radius 2 is 1.96 bits per heavy atom. The lowest BCUT2D eigenvalue weighted by atomic mass is 9.88. The third kappa shape index (κ3) is 7.00. The number of aliphatic hydroxyl groups excluding tert-OH is 2. The summed E-state index contributed by atoms with van der Waals surface area (Å²) in [6.45, 7) is 10.2. The SMILES string of the molecule is CCCCC[C@H](O)C=C[C@@H]1[C@H]2CC(CCCCN(C)C(C)(C)C)=C[C@H]2C[C@H]1O. The van der Waals surface area contributed by atoms with Crippen LogP contribution in [0.2, 0.25) is 0 Å². The Morgan fingerprint density at radius 3 is 2.64 bits per heavy atom. The van der Waals surface area contributed by atoms with Crippen molar-refractivity contribution < 1.29 is 10.2 Å². The summed E-state index contributed by atoms with van der Waals surface area (Å²) in [4.78, 5) is 2.44. The van der Waals surface area contributed by atoms with E-state index < -0.39 is 0 Å². The van der Waals surface area contributed by atoms with Crippen LogP contribution in [-0.4, -0.2) is 46.5 Å².